The van der Waals surface area contributed by atoms with E-state index in [1.165, 1.54) is 27.8 Å². The Bertz CT molecular complexity index is 726. The van der Waals surface area contributed by atoms with E-state index in [2.05, 4.69) is 89.4 Å². The zero-order chi connectivity index (χ0) is 18.7. The molecule has 2 N–H and O–H groups in total. The van der Waals surface area contributed by atoms with Crippen LogP contribution in [-0.4, -0.2) is 5.11 Å². The van der Waals surface area contributed by atoms with E-state index in [1.807, 2.05) is 0 Å². The molecule has 25 heavy (non-hydrogen) atoms. The van der Waals surface area contributed by atoms with Crippen molar-refractivity contribution in [3.05, 3.63) is 58.1 Å². The molecule has 0 radical (unpaired) electrons. The van der Waals surface area contributed by atoms with Crippen LogP contribution < -0.4 is 10.6 Å². The topological polar surface area (TPSA) is 24.1 Å². The van der Waals surface area contributed by atoms with Gasteiger partial charge in [0, 0.05) is 11.4 Å². The first-order chi connectivity index (χ1) is 11.7. The second-order valence-corrected chi connectivity index (χ2v) is 7.88. The van der Waals surface area contributed by atoms with Crippen molar-refractivity contribution in [1.29, 1.82) is 0 Å². The highest BCUT2D eigenvalue weighted by molar-refractivity contribution is 7.80. The van der Waals surface area contributed by atoms with Gasteiger partial charge in [-0.15, -0.1) is 0 Å². The SMILES string of the molecule is Cc1cc(C)c(NC(=S)Nc2c(C(C)C)cccc2C(C)C)c(C)c1. The van der Waals surface area contributed by atoms with Crippen LogP contribution >= 0.6 is 12.2 Å². The Hall–Kier alpha value is -1.87. The van der Waals surface area contributed by atoms with Crippen molar-refractivity contribution in [3.8, 4) is 0 Å². The van der Waals surface area contributed by atoms with Crippen LogP contribution in [0.1, 0.15) is 67.3 Å². The van der Waals surface area contributed by atoms with Crippen molar-refractivity contribution in [2.75, 3.05) is 10.6 Å². The van der Waals surface area contributed by atoms with Crippen LogP contribution in [0.4, 0.5) is 11.4 Å². The zero-order valence-corrected chi connectivity index (χ0v) is 17.3. The Morgan fingerprint density at radius 3 is 1.68 bits per heavy atom. The van der Waals surface area contributed by atoms with Gasteiger partial charge in [0.25, 0.3) is 0 Å². The van der Waals surface area contributed by atoms with E-state index in [9.17, 15) is 0 Å². The van der Waals surface area contributed by atoms with Gasteiger partial charge >= 0.3 is 0 Å². The molecule has 0 spiro atoms. The van der Waals surface area contributed by atoms with Gasteiger partial charge in [0.15, 0.2) is 5.11 Å². The summed E-state index contributed by atoms with van der Waals surface area (Å²) in [6, 6.07) is 10.9. The predicted octanol–water partition coefficient (Wildman–Crippen LogP) is 6.67. The molecule has 2 aromatic rings. The molecule has 2 rings (SSSR count). The summed E-state index contributed by atoms with van der Waals surface area (Å²) in [4.78, 5) is 0. The first-order valence-corrected chi connectivity index (χ1v) is 9.40. The standard InChI is InChI=1S/C22H30N2S/c1-13(2)18-9-8-10-19(14(3)4)21(18)24-22(25)23-20-16(6)11-15(5)12-17(20)7/h8-14H,1-7H3,(H2,23,24,25). The molecule has 0 amide bonds. The third-order valence-corrected chi connectivity index (χ3v) is 4.73. The molecular formula is C22H30N2S. The summed E-state index contributed by atoms with van der Waals surface area (Å²) in [7, 11) is 0. The molecule has 0 aliphatic heterocycles. The fourth-order valence-corrected chi connectivity index (χ4v) is 3.53. The van der Waals surface area contributed by atoms with E-state index in [1.54, 1.807) is 0 Å². The lowest BCUT2D eigenvalue weighted by atomic mass is 9.93. The molecule has 0 aromatic heterocycles. The van der Waals surface area contributed by atoms with Crippen LogP contribution in [0.2, 0.25) is 0 Å². The van der Waals surface area contributed by atoms with Gasteiger partial charge in [-0.05, 0) is 67.1 Å². The number of hydrogen-bond acceptors (Lipinski definition) is 1. The lowest BCUT2D eigenvalue weighted by Crippen LogP contribution is -2.22. The average molecular weight is 355 g/mol. The van der Waals surface area contributed by atoms with E-state index >= 15 is 0 Å². The second kappa shape index (κ2) is 8.01. The first kappa shape index (κ1) is 19.5. The molecule has 0 saturated heterocycles. The van der Waals surface area contributed by atoms with Crippen LogP contribution in [-0.2, 0) is 0 Å². The maximum absolute atomic E-state index is 5.64. The lowest BCUT2D eigenvalue weighted by Gasteiger charge is -2.22. The molecular weight excluding hydrogens is 324 g/mol. The summed E-state index contributed by atoms with van der Waals surface area (Å²) in [5.41, 5.74) is 8.53. The maximum Gasteiger partial charge on any atom is 0.175 e. The molecule has 0 saturated carbocycles. The van der Waals surface area contributed by atoms with E-state index in [0.29, 0.717) is 16.9 Å². The van der Waals surface area contributed by atoms with Gasteiger partial charge in [0.05, 0.1) is 0 Å². The Kier molecular flexibility index (Phi) is 6.23. The highest BCUT2D eigenvalue weighted by Crippen LogP contribution is 2.32. The molecule has 0 aliphatic carbocycles. The number of benzene rings is 2. The minimum Gasteiger partial charge on any atom is -0.332 e. The summed E-state index contributed by atoms with van der Waals surface area (Å²) >= 11 is 5.64. The summed E-state index contributed by atoms with van der Waals surface area (Å²) < 4.78 is 0. The molecule has 0 heterocycles. The Labute approximate surface area is 158 Å². The van der Waals surface area contributed by atoms with Gasteiger partial charge in [-0.3, -0.25) is 0 Å². The number of anilines is 2. The van der Waals surface area contributed by atoms with Crippen LogP contribution in [0, 0.1) is 20.8 Å². The van der Waals surface area contributed by atoms with Crippen molar-refractivity contribution in [1.82, 2.24) is 0 Å². The third kappa shape index (κ3) is 4.60. The van der Waals surface area contributed by atoms with Gasteiger partial charge in [-0.1, -0.05) is 63.6 Å². The second-order valence-electron chi connectivity index (χ2n) is 7.47. The smallest absolute Gasteiger partial charge is 0.175 e. The van der Waals surface area contributed by atoms with Crippen LogP contribution in [0.3, 0.4) is 0 Å². The molecule has 0 aliphatic rings. The van der Waals surface area contributed by atoms with Gasteiger partial charge in [-0.25, -0.2) is 0 Å². The van der Waals surface area contributed by atoms with Crippen molar-refractivity contribution < 1.29 is 0 Å². The number of thiocarbonyl (C=S) groups is 1. The Morgan fingerprint density at radius 1 is 0.800 bits per heavy atom. The maximum atomic E-state index is 5.64. The van der Waals surface area contributed by atoms with E-state index < -0.39 is 0 Å². The number of aryl methyl sites for hydroxylation is 3. The third-order valence-electron chi connectivity index (χ3n) is 4.53. The van der Waals surface area contributed by atoms with Crippen molar-refractivity contribution in [2.24, 2.45) is 0 Å². The van der Waals surface area contributed by atoms with Crippen LogP contribution in [0.25, 0.3) is 0 Å². The van der Waals surface area contributed by atoms with Crippen molar-refractivity contribution in [2.45, 2.75) is 60.3 Å². The zero-order valence-electron chi connectivity index (χ0n) is 16.4. The summed E-state index contributed by atoms with van der Waals surface area (Å²) in [5, 5.41) is 7.53. The largest absolute Gasteiger partial charge is 0.332 e. The predicted molar refractivity (Wildman–Crippen MR) is 115 cm³/mol. The quantitative estimate of drug-likeness (QED) is 0.600. The summed E-state index contributed by atoms with van der Waals surface area (Å²) in [6.45, 7) is 15.2. The normalized spacial score (nSPS) is 11.1. The van der Waals surface area contributed by atoms with E-state index in [4.69, 9.17) is 12.2 Å². The number of nitrogens with one attached hydrogen (secondary N) is 2. The molecule has 2 nitrogen and oxygen atoms in total. The molecule has 3 heteroatoms. The van der Waals surface area contributed by atoms with Crippen LogP contribution in [0.15, 0.2) is 30.3 Å². The van der Waals surface area contributed by atoms with Gasteiger partial charge in [0.1, 0.15) is 0 Å². The van der Waals surface area contributed by atoms with Gasteiger partial charge in [0.2, 0.25) is 0 Å². The number of hydrogen-bond donors (Lipinski definition) is 2. The fourth-order valence-electron chi connectivity index (χ4n) is 3.33. The fraction of sp³-hybridized carbons (Fsp3) is 0.409. The van der Waals surface area contributed by atoms with Gasteiger partial charge in [-0.2, -0.15) is 0 Å². The Morgan fingerprint density at radius 2 is 1.24 bits per heavy atom. The molecule has 134 valence electrons. The molecule has 0 fully saturated rings. The number of para-hydroxylation sites is 1. The molecule has 0 unspecified atom stereocenters. The minimum absolute atomic E-state index is 0.437. The minimum atomic E-state index is 0.437. The van der Waals surface area contributed by atoms with Crippen LogP contribution in [0.5, 0.6) is 0 Å². The number of rotatable bonds is 4. The summed E-state index contributed by atoms with van der Waals surface area (Å²) in [5.74, 6) is 0.874. The Balaban J connectivity index is 2.33. The molecule has 0 atom stereocenters. The summed E-state index contributed by atoms with van der Waals surface area (Å²) in [6.07, 6.45) is 0. The first-order valence-electron chi connectivity index (χ1n) is 8.99. The highest BCUT2D eigenvalue weighted by atomic mass is 32.1. The molecule has 0 bridgehead atoms. The highest BCUT2D eigenvalue weighted by Gasteiger charge is 2.15. The molecule has 2 aromatic carbocycles. The van der Waals surface area contributed by atoms with E-state index in [-0.39, 0.29) is 0 Å². The monoisotopic (exact) mass is 354 g/mol. The van der Waals surface area contributed by atoms with Crippen molar-refractivity contribution >= 4 is 28.7 Å². The van der Waals surface area contributed by atoms with E-state index in [0.717, 1.165) is 11.4 Å². The average Bonchev–Trinajstić information content (AvgIpc) is 2.50. The lowest BCUT2D eigenvalue weighted by molar-refractivity contribution is 0.839. The van der Waals surface area contributed by atoms with Crippen molar-refractivity contribution in [3.63, 3.8) is 0 Å². The van der Waals surface area contributed by atoms with Gasteiger partial charge < -0.3 is 10.6 Å².